The van der Waals surface area contributed by atoms with Crippen LogP contribution in [0.15, 0.2) is 11.3 Å². The summed E-state index contributed by atoms with van der Waals surface area (Å²) in [6.07, 6.45) is 0. The van der Waals surface area contributed by atoms with Gasteiger partial charge in [-0.25, -0.2) is 9.59 Å². The van der Waals surface area contributed by atoms with Gasteiger partial charge in [-0.1, -0.05) is 0 Å². The van der Waals surface area contributed by atoms with Crippen LogP contribution in [0.4, 0.5) is 0 Å². The maximum absolute atomic E-state index is 11.2. The van der Waals surface area contributed by atoms with Gasteiger partial charge in [-0.05, 0) is 0 Å². The van der Waals surface area contributed by atoms with E-state index in [2.05, 4.69) is 14.8 Å². The highest BCUT2D eigenvalue weighted by molar-refractivity contribution is 6.11. The number of aliphatic hydroxyl groups is 1. The molecule has 0 spiro atoms. The van der Waals surface area contributed by atoms with Gasteiger partial charge in [0, 0.05) is 0 Å². The van der Waals surface area contributed by atoms with Crippen molar-refractivity contribution < 1.29 is 29.0 Å². The molecule has 1 aliphatic heterocycles. The fraction of sp³-hybridized carbons (Fsp3) is 0.375. The zero-order valence-electron chi connectivity index (χ0n) is 8.07. The second kappa shape index (κ2) is 3.99. The maximum Gasteiger partial charge on any atom is 0.340 e. The van der Waals surface area contributed by atoms with E-state index in [0.29, 0.717) is 0 Å². The Labute approximate surface area is 84.7 Å². The predicted octanol–water partition coefficient (Wildman–Crippen LogP) is -1.36. The topological polar surface area (TPSA) is 102 Å². The summed E-state index contributed by atoms with van der Waals surface area (Å²) in [5, 5.41) is 11.3. The number of nitrogens with one attached hydrogen (secondary N) is 1. The SMILES string of the molecule is COC(=O)C1=C(O)C(=O)N[C@@H]1C(=O)OC. The quantitative estimate of drug-likeness (QED) is 0.552. The van der Waals surface area contributed by atoms with E-state index in [4.69, 9.17) is 0 Å². The minimum Gasteiger partial charge on any atom is -0.503 e. The van der Waals surface area contributed by atoms with Crippen molar-refractivity contribution in [1.82, 2.24) is 5.32 Å². The molecule has 1 aliphatic rings. The summed E-state index contributed by atoms with van der Waals surface area (Å²) in [6, 6.07) is -1.31. The molecule has 15 heavy (non-hydrogen) atoms. The van der Waals surface area contributed by atoms with Crippen molar-refractivity contribution in [2.45, 2.75) is 6.04 Å². The Balaban J connectivity index is 3.08. The predicted molar refractivity (Wildman–Crippen MR) is 45.6 cm³/mol. The molecule has 2 N–H and O–H groups in total. The molecule has 0 aromatic rings. The third-order valence-corrected chi connectivity index (χ3v) is 1.88. The molecule has 7 nitrogen and oxygen atoms in total. The van der Waals surface area contributed by atoms with Crippen molar-refractivity contribution in [1.29, 1.82) is 0 Å². The van der Waals surface area contributed by atoms with Crippen molar-refractivity contribution in [3.8, 4) is 0 Å². The van der Waals surface area contributed by atoms with Crippen LogP contribution >= 0.6 is 0 Å². The smallest absolute Gasteiger partial charge is 0.340 e. The van der Waals surface area contributed by atoms with Crippen molar-refractivity contribution >= 4 is 17.8 Å². The Hall–Kier alpha value is -2.05. The van der Waals surface area contributed by atoms with Crippen molar-refractivity contribution in [2.75, 3.05) is 14.2 Å². The lowest BCUT2D eigenvalue weighted by atomic mass is 10.1. The number of hydrogen-bond donors (Lipinski definition) is 2. The molecule has 82 valence electrons. The summed E-state index contributed by atoms with van der Waals surface area (Å²) in [4.78, 5) is 33.3. The standard InChI is InChI=1S/C8H9NO6/c1-14-7(12)3-4(8(13)15-2)9-6(11)5(3)10/h4,10H,1-2H3,(H,9,11)/t4-/m0/s1. The number of esters is 2. The number of ether oxygens (including phenoxy) is 2. The fourth-order valence-electron chi connectivity index (χ4n) is 1.15. The molecule has 1 heterocycles. The zero-order chi connectivity index (χ0) is 11.6. The van der Waals surface area contributed by atoms with Gasteiger partial charge < -0.3 is 19.9 Å². The zero-order valence-corrected chi connectivity index (χ0v) is 8.07. The molecule has 0 fully saturated rings. The summed E-state index contributed by atoms with van der Waals surface area (Å²) in [7, 11) is 2.17. The van der Waals surface area contributed by atoms with E-state index in [0.717, 1.165) is 14.2 Å². The third-order valence-electron chi connectivity index (χ3n) is 1.88. The van der Waals surface area contributed by atoms with Crippen molar-refractivity contribution in [3.63, 3.8) is 0 Å². The number of hydrogen-bond acceptors (Lipinski definition) is 6. The first-order valence-electron chi connectivity index (χ1n) is 3.93. The van der Waals surface area contributed by atoms with Gasteiger partial charge in [-0.2, -0.15) is 0 Å². The molecular weight excluding hydrogens is 206 g/mol. The molecule has 7 heteroatoms. The molecule has 1 atom stereocenters. The van der Waals surface area contributed by atoms with E-state index < -0.39 is 35.2 Å². The van der Waals surface area contributed by atoms with Crippen LogP contribution in [0, 0.1) is 0 Å². The third kappa shape index (κ3) is 1.76. The minimum atomic E-state index is -1.31. The molecule has 1 amide bonds. The maximum atomic E-state index is 11.2. The van der Waals surface area contributed by atoms with Gasteiger partial charge in [0.25, 0.3) is 5.91 Å². The van der Waals surface area contributed by atoms with E-state index in [-0.39, 0.29) is 0 Å². The molecular formula is C8H9NO6. The van der Waals surface area contributed by atoms with Crippen LogP contribution in [0.1, 0.15) is 0 Å². The van der Waals surface area contributed by atoms with Crippen molar-refractivity contribution in [2.24, 2.45) is 0 Å². The van der Waals surface area contributed by atoms with Gasteiger partial charge in [0.05, 0.1) is 14.2 Å². The van der Waals surface area contributed by atoms with Crippen LogP contribution in [-0.2, 0) is 23.9 Å². The molecule has 0 radical (unpaired) electrons. The lowest BCUT2D eigenvalue weighted by molar-refractivity contribution is -0.145. The van der Waals surface area contributed by atoms with E-state index in [1.807, 2.05) is 0 Å². The number of rotatable bonds is 2. The highest BCUT2D eigenvalue weighted by Crippen LogP contribution is 2.17. The second-order valence-electron chi connectivity index (χ2n) is 2.68. The van der Waals surface area contributed by atoms with Crippen LogP contribution in [0.25, 0.3) is 0 Å². The van der Waals surface area contributed by atoms with Gasteiger partial charge in [0.15, 0.2) is 11.8 Å². The van der Waals surface area contributed by atoms with Crippen LogP contribution in [0.5, 0.6) is 0 Å². The number of amides is 1. The molecule has 0 aromatic carbocycles. The van der Waals surface area contributed by atoms with Crippen LogP contribution in [-0.4, -0.2) is 43.2 Å². The van der Waals surface area contributed by atoms with Gasteiger partial charge in [-0.3, -0.25) is 4.79 Å². The number of methoxy groups -OCH3 is 2. The molecule has 1 rings (SSSR count). The average molecular weight is 215 g/mol. The monoisotopic (exact) mass is 215 g/mol. The number of aliphatic hydroxyl groups excluding tert-OH is 1. The van der Waals surface area contributed by atoms with Crippen LogP contribution < -0.4 is 5.32 Å². The highest BCUT2D eigenvalue weighted by Gasteiger charge is 2.41. The van der Waals surface area contributed by atoms with Gasteiger partial charge in [0.2, 0.25) is 0 Å². The Morgan fingerprint density at radius 3 is 2.40 bits per heavy atom. The largest absolute Gasteiger partial charge is 0.503 e. The first-order chi connectivity index (χ1) is 7.02. The summed E-state index contributed by atoms with van der Waals surface area (Å²) >= 11 is 0. The second-order valence-corrected chi connectivity index (χ2v) is 2.68. The number of carbonyl (C=O) groups is 3. The Morgan fingerprint density at radius 1 is 1.33 bits per heavy atom. The summed E-state index contributed by atoms with van der Waals surface area (Å²) in [5.41, 5.74) is -0.436. The summed E-state index contributed by atoms with van der Waals surface area (Å²) < 4.78 is 8.67. The van der Waals surface area contributed by atoms with Gasteiger partial charge >= 0.3 is 11.9 Å². The molecule has 0 saturated carbocycles. The first-order valence-corrected chi connectivity index (χ1v) is 3.93. The lowest BCUT2D eigenvalue weighted by Crippen LogP contribution is -2.38. The average Bonchev–Trinajstić information content (AvgIpc) is 2.53. The highest BCUT2D eigenvalue weighted by atomic mass is 16.5. The summed E-state index contributed by atoms with van der Waals surface area (Å²) in [6.45, 7) is 0. The van der Waals surface area contributed by atoms with Crippen LogP contribution in [0.2, 0.25) is 0 Å². The number of carbonyl (C=O) groups excluding carboxylic acids is 3. The van der Waals surface area contributed by atoms with E-state index >= 15 is 0 Å². The van der Waals surface area contributed by atoms with E-state index in [1.165, 1.54) is 0 Å². The van der Waals surface area contributed by atoms with Crippen LogP contribution in [0.3, 0.4) is 0 Å². The first kappa shape index (κ1) is 11.0. The molecule has 0 aromatic heterocycles. The molecule has 0 bridgehead atoms. The Kier molecular flexibility index (Phi) is 2.93. The lowest BCUT2D eigenvalue weighted by Gasteiger charge is -2.09. The van der Waals surface area contributed by atoms with Gasteiger partial charge in [-0.15, -0.1) is 0 Å². The van der Waals surface area contributed by atoms with E-state index in [9.17, 15) is 19.5 Å². The molecule has 0 unspecified atom stereocenters. The summed E-state index contributed by atoms with van der Waals surface area (Å²) in [5.74, 6) is -3.54. The molecule has 0 aliphatic carbocycles. The van der Waals surface area contributed by atoms with E-state index in [1.54, 1.807) is 0 Å². The molecule has 0 saturated heterocycles. The Bertz CT molecular complexity index is 358. The van der Waals surface area contributed by atoms with Crippen molar-refractivity contribution in [3.05, 3.63) is 11.3 Å². The van der Waals surface area contributed by atoms with Gasteiger partial charge in [0.1, 0.15) is 5.57 Å². The normalized spacial score (nSPS) is 19.9. The minimum absolute atomic E-state index is 0.436. The Morgan fingerprint density at radius 2 is 1.93 bits per heavy atom. The fourth-order valence-corrected chi connectivity index (χ4v) is 1.15.